The zero-order valence-electron chi connectivity index (χ0n) is 12.9. The van der Waals surface area contributed by atoms with E-state index in [9.17, 15) is 0 Å². The SMILES string of the molecule is COc1cc(CNC2CCc3c(Br)cccc32)cc2c1OCO2. The molecule has 5 heteroatoms. The second-order valence-electron chi connectivity index (χ2n) is 5.81. The van der Waals surface area contributed by atoms with Crippen molar-refractivity contribution in [2.45, 2.75) is 25.4 Å². The standard InChI is InChI=1S/C18H18BrNO3/c1-21-16-7-11(8-17-18(16)23-10-22-17)9-20-15-6-5-12-13(15)3-2-4-14(12)19/h2-4,7-8,15,20H,5-6,9-10H2,1H3. The number of rotatable bonds is 4. The van der Waals surface area contributed by atoms with Crippen molar-refractivity contribution >= 4 is 15.9 Å². The van der Waals surface area contributed by atoms with E-state index in [0.29, 0.717) is 11.8 Å². The second-order valence-corrected chi connectivity index (χ2v) is 6.67. The highest BCUT2D eigenvalue weighted by molar-refractivity contribution is 9.10. The molecule has 1 unspecified atom stereocenters. The fourth-order valence-corrected chi connectivity index (χ4v) is 3.93. The van der Waals surface area contributed by atoms with Crippen LogP contribution < -0.4 is 19.5 Å². The van der Waals surface area contributed by atoms with E-state index in [1.165, 1.54) is 15.6 Å². The maximum absolute atomic E-state index is 5.49. The first kappa shape index (κ1) is 14.8. The van der Waals surface area contributed by atoms with E-state index in [-0.39, 0.29) is 6.79 Å². The predicted molar refractivity (Wildman–Crippen MR) is 91.2 cm³/mol. The van der Waals surface area contributed by atoms with Gasteiger partial charge in [-0.1, -0.05) is 28.1 Å². The van der Waals surface area contributed by atoms with E-state index < -0.39 is 0 Å². The van der Waals surface area contributed by atoms with Crippen LogP contribution in [0.3, 0.4) is 0 Å². The van der Waals surface area contributed by atoms with Crippen LogP contribution in [0.4, 0.5) is 0 Å². The number of halogens is 1. The lowest BCUT2D eigenvalue weighted by Crippen LogP contribution is -2.18. The molecule has 2 aromatic rings. The molecule has 0 saturated heterocycles. The molecule has 0 saturated carbocycles. The predicted octanol–water partition coefficient (Wildman–Crippen LogP) is 3.96. The highest BCUT2D eigenvalue weighted by atomic mass is 79.9. The molecule has 1 aliphatic heterocycles. The van der Waals surface area contributed by atoms with Crippen LogP contribution in [0.5, 0.6) is 17.2 Å². The topological polar surface area (TPSA) is 39.7 Å². The lowest BCUT2D eigenvalue weighted by Gasteiger charge is -2.15. The maximum atomic E-state index is 5.49. The van der Waals surface area contributed by atoms with Crippen LogP contribution in [0.15, 0.2) is 34.8 Å². The first-order valence-electron chi connectivity index (χ1n) is 7.73. The zero-order chi connectivity index (χ0) is 15.8. The van der Waals surface area contributed by atoms with E-state index in [4.69, 9.17) is 14.2 Å². The van der Waals surface area contributed by atoms with E-state index in [2.05, 4.69) is 39.4 Å². The number of ether oxygens (including phenoxy) is 3. The molecular formula is C18H18BrNO3. The minimum absolute atomic E-state index is 0.257. The normalized spacial score (nSPS) is 18.1. The van der Waals surface area contributed by atoms with Crippen LogP contribution >= 0.6 is 15.9 Å². The fraction of sp³-hybridized carbons (Fsp3) is 0.333. The number of fused-ring (bicyclic) bond motifs is 2. The molecule has 2 aromatic carbocycles. The molecule has 120 valence electrons. The summed E-state index contributed by atoms with van der Waals surface area (Å²) in [5, 5.41) is 3.65. The van der Waals surface area contributed by atoms with Gasteiger partial charge in [-0.25, -0.2) is 0 Å². The van der Waals surface area contributed by atoms with Crippen molar-refractivity contribution in [3.8, 4) is 17.2 Å². The van der Waals surface area contributed by atoms with Crippen LogP contribution in [0.2, 0.25) is 0 Å². The minimum Gasteiger partial charge on any atom is -0.493 e. The molecule has 2 aliphatic rings. The van der Waals surface area contributed by atoms with E-state index >= 15 is 0 Å². The summed E-state index contributed by atoms with van der Waals surface area (Å²) < 4.78 is 17.5. The van der Waals surface area contributed by atoms with Crippen molar-refractivity contribution in [3.05, 3.63) is 51.5 Å². The Kier molecular flexibility index (Phi) is 3.91. The number of benzene rings is 2. The third kappa shape index (κ3) is 2.68. The largest absolute Gasteiger partial charge is 0.493 e. The molecule has 0 aromatic heterocycles. The summed E-state index contributed by atoms with van der Waals surface area (Å²) in [6, 6.07) is 10.9. The smallest absolute Gasteiger partial charge is 0.231 e. The summed E-state index contributed by atoms with van der Waals surface area (Å²) in [5.41, 5.74) is 3.95. The lowest BCUT2D eigenvalue weighted by atomic mass is 10.1. The van der Waals surface area contributed by atoms with Gasteiger partial charge in [0.15, 0.2) is 11.5 Å². The first-order chi connectivity index (χ1) is 11.3. The zero-order valence-corrected chi connectivity index (χ0v) is 14.5. The molecule has 1 heterocycles. The molecule has 4 rings (SSSR count). The molecular weight excluding hydrogens is 358 g/mol. The quantitative estimate of drug-likeness (QED) is 0.877. The van der Waals surface area contributed by atoms with Crippen molar-refractivity contribution in [1.82, 2.24) is 5.32 Å². The Labute approximate surface area is 143 Å². The number of hydrogen-bond acceptors (Lipinski definition) is 4. The van der Waals surface area contributed by atoms with Crippen molar-refractivity contribution in [2.24, 2.45) is 0 Å². The lowest BCUT2D eigenvalue weighted by molar-refractivity contribution is 0.171. The summed E-state index contributed by atoms with van der Waals surface area (Å²) in [7, 11) is 1.65. The van der Waals surface area contributed by atoms with Gasteiger partial charge in [0.25, 0.3) is 0 Å². The van der Waals surface area contributed by atoms with Gasteiger partial charge >= 0.3 is 0 Å². The highest BCUT2D eigenvalue weighted by Gasteiger charge is 2.24. The summed E-state index contributed by atoms with van der Waals surface area (Å²) in [6.45, 7) is 1.02. The molecule has 0 amide bonds. The van der Waals surface area contributed by atoms with E-state index in [1.807, 2.05) is 12.1 Å². The van der Waals surface area contributed by atoms with Gasteiger partial charge in [-0.05, 0) is 47.7 Å². The van der Waals surface area contributed by atoms with Crippen LogP contribution in [0.1, 0.15) is 29.2 Å². The van der Waals surface area contributed by atoms with Gasteiger partial charge in [0.1, 0.15) is 0 Å². The van der Waals surface area contributed by atoms with Gasteiger partial charge in [0, 0.05) is 17.1 Å². The Morgan fingerprint density at radius 1 is 1.30 bits per heavy atom. The van der Waals surface area contributed by atoms with Gasteiger partial charge in [0.05, 0.1) is 7.11 Å². The minimum atomic E-state index is 0.257. The highest BCUT2D eigenvalue weighted by Crippen LogP contribution is 2.42. The molecule has 1 atom stereocenters. The monoisotopic (exact) mass is 375 g/mol. The Morgan fingerprint density at radius 3 is 3.09 bits per heavy atom. The second kappa shape index (κ2) is 6.06. The molecule has 0 fully saturated rings. The average molecular weight is 376 g/mol. The van der Waals surface area contributed by atoms with Gasteiger partial charge in [-0.3, -0.25) is 0 Å². The van der Waals surface area contributed by atoms with Gasteiger partial charge in [0.2, 0.25) is 12.5 Å². The van der Waals surface area contributed by atoms with Gasteiger partial charge < -0.3 is 19.5 Å². The molecule has 4 nitrogen and oxygen atoms in total. The van der Waals surface area contributed by atoms with E-state index in [1.54, 1.807) is 7.11 Å². The molecule has 23 heavy (non-hydrogen) atoms. The Balaban J connectivity index is 1.52. The molecule has 0 radical (unpaired) electrons. The third-order valence-electron chi connectivity index (χ3n) is 4.48. The van der Waals surface area contributed by atoms with Crippen molar-refractivity contribution in [1.29, 1.82) is 0 Å². The molecule has 1 aliphatic carbocycles. The van der Waals surface area contributed by atoms with Crippen LogP contribution in [-0.2, 0) is 13.0 Å². The number of nitrogens with one attached hydrogen (secondary N) is 1. The fourth-order valence-electron chi connectivity index (χ4n) is 3.35. The van der Waals surface area contributed by atoms with Gasteiger partial charge in [-0.2, -0.15) is 0 Å². The Morgan fingerprint density at radius 2 is 2.22 bits per heavy atom. The van der Waals surface area contributed by atoms with E-state index in [0.717, 1.165) is 36.4 Å². The maximum Gasteiger partial charge on any atom is 0.231 e. The third-order valence-corrected chi connectivity index (χ3v) is 5.23. The molecule has 1 N–H and O–H groups in total. The molecule has 0 spiro atoms. The summed E-state index contributed by atoms with van der Waals surface area (Å²) in [4.78, 5) is 0. The van der Waals surface area contributed by atoms with Crippen LogP contribution in [0, 0.1) is 0 Å². The van der Waals surface area contributed by atoms with Crippen molar-refractivity contribution in [2.75, 3.05) is 13.9 Å². The van der Waals surface area contributed by atoms with Gasteiger partial charge in [-0.15, -0.1) is 0 Å². The Bertz CT molecular complexity index is 747. The first-order valence-corrected chi connectivity index (χ1v) is 8.52. The molecule has 0 bridgehead atoms. The average Bonchev–Trinajstić information content (AvgIpc) is 3.19. The number of methoxy groups -OCH3 is 1. The van der Waals surface area contributed by atoms with Crippen LogP contribution in [-0.4, -0.2) is 13.9 Å². The Hall–Kier alpha value is -1.72. The summed E-state index contributed by atoms with van der Waals surface area (Å²) in [5.74, 6) is 2.19. The van der Waals surface area contributed by atoms with Crippen LogP contribution in [0.25, 0.3) is 0 Å². The summed E-state index contributed by atoms with van der Waals surface area (Å²) in [6.07, 6.45) is 2.23. The van der Waals surface area contributed by atoms with Crippen molar-refractivity contribution < 1.29 is 14.2 Å². The van der Waals surface area contributed by atoms with Crippen molar-refractivity contribution in [3.63, 3.8) is 0 Å². The number of hydrogen-bond donors (Lipinski definition) is 1. The summed E-state index contributed by atoms with van der Waals surface area (Å²) >= 11 is 3.65.